The van der Waals surface area contributed by atoms with Crippen molar-refractivity contribution in [1.29, 1.82) is 0 Å². The van der Waals surface area contributed by atoms with Crippen molar-refractivity contribution in [3.05, 3.63) is 0 Å². The summed E-state index contributed by atoms with van der Waals surface area (Å²) in [5.74, 6) is 1.51. The van der Waals surface area contributed by atoms with E-state index in [-0.39, 0.29) is 0 Å². The van der Waals surface area contributed by atoms with Crippen LogP contribution in [0.2, 0.25) is 0 Å². The Kier molecular flexibility index (Phi) is 8.46. The fraction of sp³-hybridized carbons (Fsp3) is 1.00. The van der Waals surface area contributed by atoms with E-state index in [1.165, 1.54) is 12.8 Å². The Morgan fingerprint density at radius 2 is 1.77 bits per heavy atom. The number of nitrogens with one attached hydrogen (secondary N) is 1. The molecular weight excluding hydrogens is 162 g/mol. The van der Waals surface area contributed by atoms with Crippen molar-refractivity contribution in [3.8, 4) is 0 Å². The smallest absolute Gasteiger partial charge is 0.0965 e. The molecule has 0 aromatic heterocycles. The van der Waals surface area contributed by atoms with Crippen LogP contribution in [0, 0.1) is 11.8 Å². The summed E-state index contributed by atoms with van der Waals surface area (Å²) in [4.78, 5) is 0. The lowest BCUT2D eigenvalue weighted by atomic mass is 10.1. The summed E-state index contributed by atoms with van der Waals surface area (Å²) < 4.78 is 5.42. The summed E-state index contributed by atoms with van der Waals surface area (Å²) in [5, 5.41) is 3.25. The van der Waals surface area contributed by atoms with Gasteiger partial charge in [-0.1, -0.05) is 27.7 Å². The first-order valence-electron chi connectivity index (χ1n) is 5.41. The topological polar surface area (TPSA) is 21.3 Å². The van der Waals surface area contributed by atoms with Gasteiger partial charge in [0.05, 0.1) is 6.73 Å². The first kappa shape index (κ1) is 12.9. The lowest BCUT2D eigenvalue weighted by molar-refractivity contribution is 0.109. The molecular formula is C11H25NO. The quantitative estimate of drug-likeness (QED) is 0.466. The van der Waals surface area contributed by atoms with Crippen LogP contribution in [0.15, 0.2) is 0 Å². The molecule has 0 amide bonds. The van der Waals surface area contributed by atoms with Crippen LogP contribution in [-0.2, 0) is 4.74 Å². The molecule has 0 radical (unpaired) electrons. The van der Waals surface area contributed by atoms with E-state index < -0.39 is 0 Å². The second-order valence-corrected chi connectivity index (χ2v) is 4.44. The van der Waals surface area contributed by atoms with E-state index in [0.717, 1.165) is 19.1 Å². The van der Waals surface area contributed by atoms with E-state index in [1.807, 2.05) is 0 Å². The fourth-order valence-electron chi connectivity index (χ4n) is 1.09. The molecule has 0 aliphatic heterocycles. The molecule has 1 N–H and O–H groups in total. The summed E-state index contributed by atoms with van der Waals surface area (Å²) in [5.41, 5.74) is 0. The Morgan fingerprint density at radius 3 is 2.31 bits per heavy atom. The first-order chi connectivity index (χ1) is 6.13. The van der Waals surface area contributed by atoms with Gasteiger partial charge in [0, 0.05) is 6.61 Å². The van der Waals surface area contributed by atoms with Gasteiger partial charge >= 0.3 is 0 Å². The number of hydrogen-bond acceptors (Lipinski definition) is 2. The van der Waals surface area contributed by atoms with Crippen LogP contribution >= 0.6 is 0 Å². The maximum atomic E-state index is 5.42. The molecule has 2 nitrogen and oxygen atoms in total. The molecule has 0 aromatic carbocycles. The highest BCUT2D eigenvalue weighted by Gasteiger charge is 1.94. The van der Waals surface area contributed by atoms with Crippen LogP contribution in [-0.4, -0.2) is 19.9 Å². The fourth-order valence-corrected chi connectivity index (χ4v) is 1.09. The molecule has 2 heteroatoms. The molecule has 0 aromatic rings. The van der Waals surface area contributed by atoms with E-state index >= 15 is 0 Å². The number of rotatable bonds is 8. The molecule has 0 spiro atoms. The van der Waals surface area contributed by atoms with Crippen LogP contribution < -0.4 is 5.32 Å². The Balaban J connectivity index is 2.92. The van der Waals surface area contributed by atoms with Gasteiger partial charge < -0.3 is 4.74 Å². The van der Waals surface area contributed by atoms with E-state index in [4.69, 9.17) is 4.74 Å². The Labute approximate surface area is 83.1 Å². The zero-order valence-corrected chi connectivity index (χ0v) is 9.60. The second-order valence-electron chi connectivity index (χ2n) is 4.44. The van der Waals surface area contributed by atoms with Crippen LogP contribution in [0.4, 0.5) is 0 Å². The summed E-state index contributed by atoms with van der Waals surface area (Å²) >= 11 is 0. The van der Waals surface area contributed by atoms with Gasteiger partial charge in [-0.25, -0.2) is 0 Å². The maximum absolute atomic E-state index is 5.42. The molecule has 0 unspecified atom stereocenters. The minimum absolute atomic E-state index is 0.705. The van der Waals surface area contributed by atoms with Gasteiger partial charge in [-0.2, -0.15) is 0 Å². The highest BCUT2D eigenvalue weighted by Crippen LogP contribution is 2.02. The molecule has 0 atom stereocenters. The van der Waals surface area contributed by atoms with Crippen molar-refractivity contribution < 1.29 is 4.74 Å². The van der Waals surface area contributed by atoms with E-state index in [2.05, 4.69) is 33.0 Å². The molecule has 0 saturated carbocycles. The summed E-state index contributed by atoms with van der Waals surface area (Å²) in [7, 11) is 0. The molecule has 0 heterocycles. The standard InChI is InChI=1S/C11H25NO/c1-10(2)6-5-7-13-9-12-8-11(3)4/h10-12H,5-9H2,1-4H3. The molecule has 13 heavy (non-hydrogen) atoms. The zero-order valence-electron chi connectivity index (χ0n) is 9.60. The molecule has 0 bridgehead atoms. The van der Waals surface area contributed by atoms with E-state index in [0.29, 0.717) is 12.6 Å². The van der Waals surface area contributed by atoms with Crippen molar-refractivity contribution >= 4 is 0 Å². The Bertz CT molecular complexity index is 90.3. The third kappa shape index (κ3) is 11.9. The van der Waals surface area contributed by atoms with Crippen molar-refractivity contribution in [2.75, 3.05) is 19.9 Å². The third-order valence-corrected chi connectivity index (χ3v) is 1.83. The van der Waals surface area contributed by atoms with Gasteiger partial charge in [-0.15, -0.1) is 0 Å². The van der Waals surface area contributed by atoms with E-state index in [1.54, 1.807) is 0 Å². The molecule has 0 rings (SSSR count). The van der Waals surface area contributed by atoms with Crippen molar-refractivity contribution in [2.24, 2.45) is 11.8 Å². The second kappa shape index (κ2) is 8.52. The number of hydrogen-bond donors (Lipinski definition) is 1. The highest BCUT2D eigenvalue weighted by molar-refractivity contribution is 4.47. The maximum Gasteiger partial charge on any atom is 0.0965 e. The predicted molar refractivity (Wildman–Crippen MR) is 57.7 cm³/mol. The van der Waals surface area contributed by atoms with Gasteiger partial charge in [-0.3, -0.25) is 5.32 Å². The van der Waals surface area contributed by atoms with Crippen LogP contribution in [0.25, 0.3) is 0 Å². The Hall–Kier alpha value is -0.0800. The Morgan fingerprint density at radius 1 is 1.08 bits per heavy atom. The molecule has 0 aliphatic carbocycles. The predicted octanol–water partition coefficient (Wildman–Crippen LogP) is 2.64. The average molecular weight is 187 g/mol. The average Bonchev–Trinajstić information content (AvgIpc) is 2.01. The minimum atomic E-state index is 0.705. The van der Waals surface area contributed by atoms with Gasteiger partial charge in [0.25, 0.3) is 0 Å². The monoisotopic (exact) mass is 187 g/mol. The van der Waals surface area contributed by atoms with Gasteiger partial charge in [0.15, 0.2) is 0 Å². The van der Waals surface area contributed by atoms with Gasteiger partial charge in [0.2, 0.25) is 0 Å². The highest BCUT2D eigenvalue weighted by atomic mass is 16.5. The minimum Gasteiger partial charge on any atom is -0.366 e. The summed E-state index contributed by atoms with van der Waals surface area (Å²) in [6, 6.07) is 0. The summed E-state index contributed by atoms with van der Waals surface area (Å²) in [6.07, 6.45) is 2.45. The molecule has 0 aliphatic rings. The van der Waals surface area contributed by atoms with E-state index in [9.17, 15) is 0 Å². The zero-order chi connectivity index (χ0) is 10.1. The molecule has 0 saturated heterocycles. The van der Waals surface area contributed by atoms with Crippen LogP contribution in [0.5, 0.6) is 0 Å². The lowest BCUT2D eigenvalue weighted by Crippen LogP contribution is -2.22. The van der Waals surface area contributed by atoms with Crippen molar-refractivity contribution in [3.63, 3.8) is 0 Å². The normalized spacial score (nSPS) is 11.5. The first-order valence-corrected chi connectivity index (χ1v) is 5.41. The number of ether oxygens (including phenoxy) is 1. The van der Waals surface area contributed by atoms with Crippen molar-refractivity contribution in [1.82, 2.24) is 5.32 Å². The molecule has 80 valence electrons. The van der Waals surface area contributed by atoms with Crippen molar-refractivity contribution in [2.45, 2.75) is 40.5 Å². The van der Waals surface area contributed by atoms with Gasteiger partial charge in [0.1, 0.15) is 0 Å². The molecule has 0 fully saturated rings. The van der Waals surface area contributed by atoms with Gasteiger partial charge in [-0.05, 0) is 31.2 Å². The largest absolute Gasteiger partial charge is 0.366 e. The third-order valence-electron chi connectivity index (χ3n) is 1.83. The lowest BCUT2D eigenvalue weighted by Gasteiger charge is -2.08. The van der Waals surface area contributed by atoms with Crippen LogP contribution in [0.3, 0.4) is 0 Å². The summed E-state index contributed by atoms with van der Waals surface area (Å²) in [6.45, 7) is 11.5. The SMILES string of the molecule is CC(C)CCCOCNCC(C)C. The van der Waals surface area contributed by atoms with Crippen LogP contribution in [0.1, 0.15) is 40.5 Å².